The lowest BCUT2D eigenvalue weighted by Crippen LogP contribution is -2.33. The Kier molecular flexibility index (Phi) is 4.81. The van der Waals surface area contributed by atoms with Gasteiger partial charge in [-0.05, 0) is 26.0 Å². The quantitative estimate of drug-likeness (QED) is 0.825. The van der Waals surface area contributed by atoms with Gasteiger partial charge < -0.3 is 14.2 Å². The molecule has 2 aromatic rings. The van der Waals surface area contributed by atoms with Gasteiger partial charge >= 0.3 is 12.1 Å². The highest BCUT2D eigenvalue weighted by Crippen LogP contribution is 2.38. The summed E-state index contributed by atoms with van der Waals surface area (Å²) in [5, 5.41) is 3.19. The maximum Gasteiger partial charge on any atom is 0.414 e. The number of hydrogen-bond donors (Lipinski definition) is 1. The Morgan fingerprint density at radius 3 is 2.67 bits per heavy atom. The van der Waals surface area contributed by atoms with Gasteiger partial charge in [-0.15, -0.1) is 0 Å². The van der Waals surface area contributed by atoms with E-state index in [0.717, 1.165) is 12.3 Å². The number of ether oxygens (including phenoxy) is 3. The van der Waals surface area contributed by atoms with E-state index in [9.17, 15) is 14.4 Å². The number of esters is 1. The molecule has 0 saturated heterocycles. The number of benzene rings is 1. The van der Waals surface area contributed by atoms with E-state index in [2.05, 4.69) is 10.3 Å². The van der Waals surface area contributed by atoms with E-state index in [0.29, 0.717) is 11.2 Å². The van der Waals surface area contributed by atoms with E-state index < -0.39 is 29.2 Å². The third-order valence-electron chi connectivity index (χ3n) is 3.98. The number of rotatable bonds is 4. The molecule has 3 rings (SSSR count). The summed E-state index contributed by atoms with van der Waals surface area (Å²) >= 11 is 0. The van der Waals surface area contributed by atoms with Gasteiger partial charge in [-0.25, -0.2) is 9.78 Å². The first-order valence-electron chi connectivity index (χ1n) is 8.31. The Labute approximate surface area is 155 Å². The molecule has 140 valence electrons. The highest BCUT2D eigenvalue weighted by Gasteiger charge is 2.51. The fourth-order valence-electron chi connectivity index (χ4n) is 2.70. The van der Waals surface area contributed by atoms with Crippen LogP contribution < -0.4 is 5.32 Å². The van der Waals surface area contributed by atoms with E-state index in [1.54, 1.807) is 19.1 Å². The number of alkyl carbamates (subject to hydrolysis) is 1. The SMILES string of the molecule is CCOC(=O)NC1=C(OC(C)=O)C(=O)C(C)(c2ccc3ccccc3n2)O1. The molecule has 27 heavy (non-hydrogen) atoms. The Hall–Kier alpha value is -3.42. The van der Waals surface area contributed by atoms with Crippen LogP contribution in [0.5, 0.6) is 0 Å². The number of Topliss-reactive ketones (excluding diaryl/α,β-unsaturated/α-hetero) is 1. The van der Waals surface area contributed by atoms with Gasteiger partial charge in [0, 0.05) is 12.3 Å². The van der Waals surface area contributed by atoms with Crippen LogP contribution >= 0.6 is 0 Å². The summed E-state index contributed by atoms with van der Waals surface area (Å²) in [6, 6.07) is 10.9. The van der Waals surface area contributed by atoms with Crippen molar-refractivity contribution < 1.29 is 28.6 Å². The van der Waals surface area contributed by atoms with E-state index in [1.165, 1.54) is 6.92 Å². The number of pyridine rings is 1. The fraction of sp³-hybridized carbons (Fsp3) is 0.263. The van der Waals surface area contributed by atoms with Crippen molar-refractivity contribution in [3.63, 3.8) is 0 Å². The van der Waals surface area contributed by atoms with Crippen molar-refractivity contribution in [3.05, 3.63) is 53.7 Å². The summed E-state index contributed by atoms with van der Waals surface area (Å²) in [6.45, 7) is 4.39. The van der Waals surface area contributed by atoms with Crippen molar-refractivity contribution in [2.24, 2.45) is 0 Å². The number of amides is 1. The van der Waals surface area contributed by atoms with Gasteiger partial charge in [0.1, 0.15) is 0 Å². The molecule has 0 saturated carbocycles. The Morgan fingerprint density at radius 2 is 1.96 bits per heavy atom. The number of aromatic nitrogens is 1. The van der Waals surface area contributed by atoms with Crippen molar-refractivity contribution in [2.75, 3.05) is 6.61 Å². The zero-order valence-electron chi connectivity index (χ0n) is 15.1. The fourth-order valence-corrected chi connectivity index (χ4v) is 2.70. The van der Waals surface area contributed by atoms with E-state index in [4.69, 9.17) is 14.2 Å². The zero-order chi connectivity index (χ0) is 19.6. The van der Waals surface area contributed by atoms with Gasteiger partial charge in [0.15, 0.2) is 0 Å². The molecular formula is C19H18N2O6. The number of nitrogens with one attached hydrogen (secondary N) is 1. The molecule has 8 nitrogen and oxygen atoms in total. The number of carbonyl (C=O) groups excluding carboxylic acids is 3. The monoisotopic (exact) mass is 370 g/mol. The van der Waals surface area contributed by atoms with Crippen LogP contribution in [0.4, 0.5) is 4.79 Å². The molecule has 0 bridgehead atoms. The molecule has 1 atom stereocenters. The number of carbonyl (C=O) groups is 3. The molecule has 1 aromatic heterocycles. The third-order valence-corrected chi connectivity index (χ3v) is 3.98. The normalized spacial score (nSPS) is 19.0. The Balaban J connectivity index is 1.99. The van der Waals surface area contributed by atoms with Crippen LogP contribution in [0.25, 0.3) is 10.9 Å². The van der Waals surface area contributed by atoms with Crippen LogP contribution in [0.3, 0.4) is 0 Å². The van der Waals surface area contributed by atoms with Crippen LogP contribution in [-0.2, 0) is 29.4 Å². The highest BCUT2D eigenvalue weighted by atomic mass is 16.6. The first-order chi connectivity index (χ1) is 12.8. The van der Waals surface area contributed by atoms with Gasteiger partial charge in [-0.1, -0.05) is 24.3 Å². The van der Waals surface area contributed by atoms with E-state index in [1.807, 2.05) is 24.3 Å². The summed E-state index contributed by atoms with van der Waals surface area (Å²) in [6.07, 6.45) is -0.833. The predicted octanol–water partition coefficient (Wildman–Crippen LogP) is 2.53. The van der Waals surface area contributed by atoms with Crippen LogP contribution in [0.1, 0.15) is 26.5 Å². The summed E-state index contributed by atoms with van der Waals surface area (Å²) in [5.41, 5.74) is -0.575. The van der Waals surface area contributed by atoms with Gasteiger partial charge in [0.05, 0.1) is 17.8 Å². The largest absolute Gasteiger partial charge is 0.455 e. The molecule has 1 amide bonds. The Morgan fingerprint density at radius 1 is 1.22 bits per heavy atom. The van der Waals surface area contributed by atoms with Gasteiger partial charge in [-0.3, -0.25) is 14.9 Å². The average Bonchev–Trinajstić information content (AvgIpc) is 2.86. The Bertz CT molecular complexity index is 968. The minimum absolute atomic E-state index is 0.124. The van der Waals surface area contributed by atoms with Gasteiger partial charge in [-0.2, -0.15) is 0 Å². The number of fused-ring (bicyclic) bond motifs is 1. The molecule has 1 aliphatic rings. The van der Waals surface area contributed by atoms with E-state index in [-0.39, 0.29) is 12.5 Å². The topological polar surface area (TPSA) is 104 Å². The van der Waals surface area contributed by atoms with Gasteiger partial charge in [0.2, 0.25) is 17.2 Å². The predicted molar refractivity (Wildman–Crippen MR) is 94.1 cm³/mol. The highest BCUT2D eigenvalue weighted by molar-refractivity contribution is 6.04. The van der Waals surface area contributed by atoms with Crippen molar-refractivity contribution in [3.8, 4) is 0 Å². The lowest BCUT2D eigenvalue weighted by atomic mass is 9.95. The number of para-hydroxylation sites is 1. The lowest BCUT2D eigenvalue weighted by molar-refractivity contribution is -0.142. The third kappa shape index (κ3) is 3.46. The minimum atomic E-state index is -1.57. The second-order valence-corrected chi connectivity index (χ2v) is 5.95. The maximum absolute atomic E-state index is 13.0. The summed E-state index contributed by atoms with van der Waals surface area (Å²) in [4.78, 5) is 40.6. The number of nitrogens with zero attached hydrogens (tertiary/aromatic N) is 1. The van der Waals surface area contributed by atoms with Crippen molar-refractivity contribution in [1.82, 2.24) is 10.3 Å². The van der Waals surface area contributed by atoms with Crippen LogP contribution in [0.2, 0.25) is 0 Å². The molecule has 8 heteroatoms. The van der Waals surface area contributed by atoms with Crippen molar-refractivity contribution in [1.29, 1.82) is 0 Å². The van der Waals surface area contributed by atoms with Crippen LogP contribution in [0.15, 0.2) is 48.0 Å². The molecule has 1 unspecified atom stereocenters. The zero-order valence-corrected chi connectivity index (χ0v) is 15.1. The molecule has 2 heterocycles. The first-order valence-corrected chi connectivity index (χ1v) is 8.31. The summed E-state index contributed by atoms with van der Waals surface area (Å²) < 4.78 is 15.5. The minimum Gasteiger partial charge on any atom is -0.455 e. The second kappa shape index (κ2) is 7.06. The summed E-state index contributed by atoms with van der Waals surface area (Å²) in [5.74, 6) is -2.03. The molecular weight excluding hydrogens is 352 g/mol. The number of ketones is 1. The molecule has 0 aliphatic carbocycles. The molecule has 0 radical (unpaired) electrons. The summed E-state index contributed by atoms with van der Waals surface area (Å²) in [7, 11) is 0. The molecule has 0 fully saturated rings. The van der Waals surface area contributed by atoms with Crippen molar-refractivity contribution in [2.45, 2.75) is 26.4 Å². The first kappa shape index (κ1) is 18.4. The smallest absolute Gasteiger partial charge is 0.414 e. The molecule has 1 N–H and O–H groups in total. The van der Waals surface area contributed by atoms with E-state index >= 15 is 0 Å². The second-order valence-electron chi connectivity index (χ2n) is 5.95. The lowest BCUT2D eigenvalue weighted by Gasteiger charge is -2.22. The molecule has 1 aromatic carbocycles. The van der Waals surface area contributed by atoms with Crippen molar-refractivity contribution >= 4 is 28.7 Å². The average molecular weight is 370 g/mol. The standard InChI is InChI=1S/C19H18N2O6/c1-4-25-18(24)21-17-15(26-11(2)22)16(23)19(3,27-17)14-10-9-12-7-5-6-8-13(12)20-14/h5-10H,4H2,1-3H3,(H,21,24). The molecule has 1 aliphatic heterocycles. The van der Waals surface area contributed by atoms with Gasteiger partial charge in [0.25, 0.3) is 5.78 Å². The van der Waals surface area contributed by atoms with Crippen LogP contribution in [0, 0.1) is 0 Å². The number of hydrogen-bond acceptors (Lipinski definition) is 7. The molecule has 0 spiro atoms. The van der Waals surface area contributed by atoms with Crippen LogP contribution in [-0.4, -0.2) is 29.4 Å². The maximum atomic E-state index is 13.0.